The molecule has 0 spiro atoms. The maximum absolute atomic E-state index is 9.55. The molecule has 7 nitrogen and oxygen atoms in total. The van der Waals surface area contributed by atoms with Crippen LogP contribution < -0.4 is 10.1 Å². The van der Waals surface area contributed by atoms with Gasteiger partial charge in [0.2, 0.25) is 0 Å². The number of hydrogen-bond acceptors (Lipinski definition) is 6. The van der Waals surface area contributed by atoms with Crippen molar-refractivity contribution in [3.63, 3.8) is 0 Å². The Morgan fingerprint density at radius 1 is 1.13 bits per heavy atom. The number of ether oxygens (including phenoxy) is 1. The van der Waals surface area contributed by atoms with Crippen molar-refractivity contribution in [1.29, 1.82) is 5.26 Å². The molecule has 3 rings (SSSR count). The monoisotopic (exact) mass is 438 g/mol. The number of nitrogens with zero attached hydrogens (tertiary/aromatic N) is 1. The van der Waals surface area contributed by atoms with Crippen molar-refractivity contribution in [1.82, 2.24) is 5.32 Å². The van der Waals surface area contributed by atoms with Crippen molar-refractivity contribution in [2.24, 2.45) is 0 Å². The van der Waals surface area contributed by atoms with E-state index in [2.05, 4.69) is 23.5 Å². The lowest BCUT2D eigenvalue weighted by molar-refractivity contribution is -0.134. The minimum atomic E-state index is -1.26. The van der Waals surface area contributed by atoms with Crippen LogP contribution in [0.3, 0.4) is 0 Å². The molecule has 0 saturated heterocycles. The summed E-state index contributed by atoms with van der Waals surface area (Å²) < 4.78 is 7.37. The van der Waals surface area contributed by atoms with Gasteiger partial charge in [0.05, 0.1) is 4.70 Å². The summed E-state index contributed by atoms with van der Waals surface area (Å²) in [6, 6.07) is 20.4. The number of rotatable bonds is 8. The highest BCUT2D eigenvalue weighted by Gasteiger charge is 2.15. The molecule has 31 heavy (non-hydrogen) atoms. The molecule has 8 heteroatoms. The van der Waals surface area contributed by atoms with Crippen LogP contribution in [-0.2, 0) is 9.59 Å². The van der Waals surface area contributed by atoms with E-state index in [0.29, 0.717) is 17.0 Å². The molecular formula is C23H22N2O5S. The summed E-state index contributed by atoms with van der Waals surface area (Å²) in [5.74, 6) is -1.67. The van der Waals surface area contributed by atoms with Crippen molar-refractivity contribution in [2.75, 3.05) is 13.6 Å². The Balaban J connectivity index is 0.000000366. The molecule has 0 amide bonds. The van der Waals surface area contributed by atoms with Crippen LogP contribution in [0, 0.1) is 11.3 Å². The number of carbonyl (C=O) groups is 2. The molecule has 0 aliphatic rings. The summed E-state index contributed by atoms with van der Waals surface area (Å²) in [6.07, 6.45) is 1.99. The van der Waals surface area contributed by atoms with Gasteiger partial charge < -0.3 is 20.3 Å². The van der Waals surface area contributed by atoms with Gasteiger partial charge in [-0.3, -0.25) is 0 Å². The van der Waals surface area contributed by atoms with E-state index in [0.717, 1.165) is 34.4 Å². The average Bonchev–Trinajstić information content (AvgIpc) is 3.20. The second kappa shape index (κ2) is 12.1. The Bertz CT molecular complexity index is 1070. The SMILES string of the molecule is CNCC[C@H](Oc1cccc2cc(C#N)sc12)c1ccccc1.O=C(O)C=CC(=O)O. The molecule has 2 aromatic carbocycles. The predicted octanol–water partition coefficient (Wildman–Crippen LogP) is 4.21. The third kappa shape index (κ3) is 7.59. The number of aliphatic carboxylic acids is 2. The number of carboxylic acid groups (broad SMARTS) is 2. The third-order valence-corrected chi connectivity index (χ3v) is 5.15. The van der Waals surface area contributed by atoms with Crippen LogP contribution in [-0.4, -0.2) is 35.7 Å². The fourth-order valence-electron chi connectivity index (χ4n) is 2.72. The summed E-state index contributed by atoms with van der Waals surface area (Å²) in [7, 11) is 1.95. The molecule has 0 aliphatic heterocycles. The van der Waals surface area contributed by atoms with Crippen LogP contribution in [0.1, 0.15) is 23.0 Å². The van der Waals surface area contributed by atoms with Gasteiger partial charge in [0.15, 0.2) is 0 Å². The predicted molar refractivity (Wildman–Crippen MR) is 119 cm³/mol. The van der Waals surface area contributed by atoms with Gasteiger partial charge in [-0.05, 0) is 36.7 Å². The summed E-state index contributed by atoms with van der Waals surface area (Å²) in [6.45, 7) is 0.878. The van der Waals surface area contributed by atoms with Gasteiger partial charge in [0, 0.05) is 18.6 Å². The number of benzene rings is 2. The topological polar surface area (TPSA) is 120 Å². The first-order valence-corrected chi connectivity index (χ1v) is 10.2. The number of carboxylic acids is 2. The third-order valence-electron chi connectivity index (χ3n) is 4.08. The van der Waals surface area contributed by atoms with Crippen molar-refractivity contribution < 1.29 is 24.5 Å². The van der Waals surface area contributed by atoms with Crippen LogP contribution in [0.2, 0.25) is 0 Å². The van der Waals surface area contributed by atoms with E-state index < -0.39 is 11.9 Å². The molecule has 1 heterocycles. The van der Waals surface area contributed by atoms with E-state index in [4.69, 9.17) is 20.2 Å². The zero-order valence-electron chi connectivity index (χ0n) is 16.8. The molecule has 3 aromatic rings. The zero-order valence-corrected chi connectivity index (χ0v) is 17.6. The molecule has 3 N–H and O–H groups in total. The molecule has 0 fully saturated rings. The van der Waals surface area contributed by atoms with Crippen molar-refractivity contribution in [2.45, 2.75) is 12.5 Å². The Morgan fingerprint density at radius 3 is 2.39 bits per heavy atom. The van der Waals surface area contributed by atoms with E-state index in [1.807, 2.05) is 49.5 Å². The lowest BCUT2D eigenvalue weighted by atomic mass is 10.1. The number of fused-ring (bicyclic) bond motifs is 1. The minimum Gasteiger partial charge on any atom is -0.484 e. The molecular weight excluding hydrogens is 416 g/mol. The fourth-order valence-corrected chi connectivity index (χ4v) is 3.63. The Kier molecular flexibility index (Phi) is 9.23. The molecule has 0 radical (unpaired) electrons. The van der Waals surface area contributed by atoms with Gasteiger partial charge in [-0.2, -0.15) is 5.26 Å². The number of hydrogen-bond donors (Lipinski definition) is 3. The Hall–Kier alpha value is -3.67. The second-order valence-electron chi connectivity index (χ2n) is 6.32. The summed E-state index contributed by atoms with van der Waals surface area (Å²) in [5.41, 5.74) is 1.16. The maximum Gasteiger partial charge on any atom is 0.328 e. The standard InChI is InChI=1S/C19H18N2OS.C4H4O4/c1-21-11-10-17(14-6-3-2-4-7-14)22-18-9-5-8-15-12-16(13-20)23-19(15)18;5-3(6)1-2-4(7)8/h2-9,12,17,21H,10-11H2,1H3;1-2H,(H,5,6)(H,7,8)/t17-;/m0./s1. The van der Waals surface area contributed by atoms with Gasteiger partial charge in [-0.25, -0.2) is 9.59 Å². The molecule has 1 aromatic heterocycles. The zero-order chi connectivity index (χ0) is 22.6. The highest BCUT2D eigenvalue weighted by molar-refractivity contribution is 7.19. The van der Waals surface area contributed by atoms with Crippen LogP contribution in [0.5, 0.6) is 5.75 Å². The lowest BCUT2D eigenvalue weighted by Gasteiger charge is -2.20. The summed E-state index contributed by atoms with van der Waals surface area (Å²) >= 11 is 1.48. The van der Waals surface area contributed by atoms with E-state index in [1.165, 1.54) is 11.3 Å². The Labute approximate surface area is 183 Å². The summed E-state index contributed by atoms with van der Waals surface area (Å²) in [5, 5.41) is 29.0. The largest absolute Gasteiger partial charge is 0.484 e. The highest BCUT2D eigenvalue weighted by Crippen LogP contribution is 2.36. The molecule has 0 unspecified atom stereocenters. The fraction of sp³-hybridized carbons (Fsp3) is 0.174. The van der Waals surface area contributed by atoms with Crippen molar-refractivity contribution >= 4 is 33.4 Å². The van der Waals surface area contributed by atoms with Gasteiger partial charge in [0.25, 0.3) is 0 Å². The highest BCUT2D eigenvalue weighted by atomic mass is 32.1. The molecule has 0 bridgehead atoms. The van der Waals surface area contributed by atoms with Gasteiger partial charge in [-0.15, -0.1) is 11.3 Å². The van der Waals surface area contributed by atoms with Crippen molar-refractivity contribution in [3.8, 4) is 11.8 Å². The maximum atomic E-state index is 9.55. The Morgan fingerprint density at radius 2 is 1.81 bits per heavy atom. The second-order valence-corrected chi connectivity index (χ2v) is 7.37. The van der Waals surface area contributed by atoms with Crippen LogP contribution in [0.25, 0.3) is 10.1 Å². The number of nitriles is 1. The first-order valence-electron chi connectivity index (χ1n) is 9.37. The van der Waals surface area contributed by atoms with E-state index >= 15 is 0 Å². The van der Waals surface area contributed by atoms with Crippen molar-refractivity contribution in [3.05, 3.63) is 77.2 Å². The molecule has 0 aliphatic carbocycles. The van der Waals surface area contributed by atoms with Crippen LogP contribution >= 0.6 is 11.3 Å². The smallest absolute Gasteiger partial charge is 0.328 e. The summed E-state index contributed by atoms with van der Waals surface area (Å²) in [4.78, 5) is 19.8. The van der Waals surface area contributed by atoms with Crippen LogP contribution in [0.4, 0.5) is 0 Å². The van der Waals surface area contributed by atoms with Gasteiger partial charge in [-0.1, -0.05) is 42.5 Å². The molecule has 160 valence electrons. The minimum absolute atomic E-state index is 0.0121. The first kappa shape index (κ1) is 23.6. The average molecular weight is 439 g/mol. The molecule has 0 saturated carbocycles. The van der Waals surface area contributed by atoms with Gasteiger partial charge in [0.1, 0.15) is 22.8 Å². The van der Waals surface area contributed by atoms with Crippen LogP contribution in [0.15, 0.2) is 66.7 Å². The van der Waals surface area contributed by atoms with E-state index in [9.17, 15) is 9.59 Å². The first-order chi connectivity index (χ1) is 14.9. The number of thiophene rings is 1. The van der Waals surface area contributed by atoms with Gasteiger partial charge >= 0.3 is 11.9 Å². The van der Waals surface area contributed by atoms with E-state index in [-0.39, 0.29) is 6.10 Å². The quantitative estimate of drug-likeness (QED) is 0.451. The lowest BCUT2D eigenvalue weighted by Crippen LogP contribution is -2.16. The normalized spacial score (nSPS) is 11.4. The number of nitrogens with one attached hydrogen (secondary N) is 1. The van der Waals surface area contributed by atoms with E-state index in [1.54, 1.807) is 0 Å². The molecule has 1 atom stereocenters.